The van der Waals surface area contributed by atoms with Crippen LogP contribution < -0.4 is 9.46 Å². The van der Waals surface area contributed by atoms with E-state index in [0.29, 0.717) is 18.8 Å². The first kappa shape index (κ1) is 13.8. The molecule has 0 amide bonds. The summed E-state index contributed by atoms with van der Waals surface area (Å²) in [5.74, 6) is 0.716. The van der Waals surface area contributed by atoms with Crippen molar-refractivity contribution in [3.05, 3.63) is 40.5 Å². The Morgan fingerprint density at radius 3 is 2.95 bits per heavy atom. The molecule has 8 heteroatoms. The van der Waals surface area contributed by atoms with Crippen LogP contribution in [0.5, 0.6) is 5.75 Å². The highest BCUT2D eigenvalue weighted by molar-refractivity contribution is 7.91. The summed E-state index contributed by atoms with van der Waals surface area (Å²) in [4.78, 5) is 3.76. The molecule has 0 aliphatic carbocycles. The zero-order chi connectivity index (χ0) is 14.2. The van der Waals surface area contributed by atoms with Crippen LogP contribution in [0.4, 0.5) is 0 Å². The third-order valence-electron chi connectivity index (χ3n) is 2.98. The molecule has 0 saturated carbocycles. The van der Waals surface area contributed by atoms with Gasteiger partial charge >= 0.3 is 0 Å². The Hall–Kier alpha value is -1.15. The summed E-state index contributed by atoms with van der Waals surface area (Å²) in [7, 11) is -3.62. The first-order chi connectivity index (χ1) is 9.56. The zero-order valence-electron chi connectivity index (χ0n) is 10.2. The molecule has 1 aromatic heterocycles. The van der Waals surface area contributed by atoms with Crippen molar-refractivity contribution in [2.75, 3.05) is 6.61 Å². The Kier molecular flexibility index (Phi) is 3.68. The van der Waals surface area contributed by atoms with Crippen LogP contribution in [0, 0.1) is 0 Å². The van der Waals surface area contributed by atoms with Gasteiger partial charge in [0.05, 0.1) is 18.8 Å². The van der Waals surface area contributed by atoms with E-state index in [2.05, 4.69) is 9.71 Å². The van der Waals surface area contributed by atoms with Gasteiger partial charge in [0, 0.05) is 12.0 Å². The van der Waals surface area contributed by atoms with Gasteiger partial charge < -0.3 is 4.74 Å². The standard InChI is InChI=1S/C12H11ClN2O3S2/c13-12-14-7-11(19-12)20(16,17)15-9-5-6-18-10-4-2-1-3-8(9)10/h1-4,7,9,15H,5-6H2. The minimum atomic E-state index is -3.62. The smallest absolute Gasteiger partial charge is 0.252 e. The van der Waals surface area contributed by atoms with Gasteiger partial charge in [0.2, 0.25) is 0 Å². The fraction of sp³-hybridized carbons (Fsp3) is 0.250. The molecule has 2 heterocycles. The number of aromatic nitrogens is 1. The Morgan fingerprint density at radius 2 is 2.20 bits per heavy atom. The molecule has 0 bridgehead atoms. The molecule has 2 aromatic rings. The van der Waals surface area contributed by atoms with Crippen molar-refractivity contribution in [1.82, 2.24) is 9.71 Å². The molecule has 1 aromatic carbocycles. The number of halogens is 1. The normalized spacial score (nSPS) is 18.4. The Bertz CT molecular complexity index is 730. The van der Waals surface area contributed by atoms with Crippen LogP contribution in [0.3, 0.4) is 0 Å². The lowest BCUT2D eigenvalue weighted by Gasteiger charge is -2.26. The molecule has 20 heavy (non-hydrogen) atoms. The maximum atomic E-state index is 12.3. The van der Waals surface area contributed by atoms with Crippen LogP contribution in [-0.4, -0.2) is 20.0 Å². The van der Waals surface area contributed by atoms with Crippen molar-refractivity contribution in [2.45, 2.75) is 16.7 Å². The lowest BCUT2D eigenvalue weighted by atomic mass is 10.0. The number of benzene rings is 1. The minimum absolute atomic E-state index is 0.117. The van der Waals surface area contributed by atoms with Crippen LogP contribution in [0.2, 0.25) is 4.47 Å². The van der Waals surface area contributed by atoms with E-state index in [0.717, 1.165) is 16.9 Å². The second kappa shape index (κ2) is 5.33. The average molecular weight is 331 g/mol. The van der Waals surface area contributed by atoms with Crippen molar-refractivity contribution in [2.24, 2.45) is 0 Å². The number of sulfonamides is 1. The van der Waals surface area contributed by atoms with Crippen molar-refractivity contribution in [3.63, 3.8) is 0 Å². The third-order valence-corrected chi connectivity index (χ3v) is 6.02. The summed E-state index contributed by atoms with van der Waals surface area (Å²) in [5.41, 5.74) is 0.845. The number of hydrogen-bond acceptors (Lipinski definition) is 5. The van der Waals surface area contributed by atoms with Crippen LogP contribution in [-0.2, 0) is 10.0 Å². The van der Waals surface area contributed by atoms with Gasteiger partial charge in [-0.15, -0.1) is 0 Å². The number of ether oxygens (including phenoxy) is 1. The lowest BCUT2D eigenvalue weighted by Crippen LogP contribution is -2.31. The molecule has 0 saturated heterocycles. The molecule has 106 valence electrons. The monoisotopic (exact) mass is 330 g/mol. The SMILES string of the molecule is O=S(=O)(NC1CCOc2ccccc21)c1cnc(Cl)s1. The van der Waals surface area contributed by atoms with Gasteiger partial charge in [-0.2, -0.15) is 0 Å². The first-order valence-corrected chi connectivity index (χ1v) is 8.59. The van der Waals surface area contributed by atoms with Gasteiger partial charge in [0.25, 0.3) is 10.0 Å². The fourth-order valence-electron chi connectivity index (χ4n) is 2.07. The number of rotatable bonds is 3. The van der Waals surface area contributed by atoms with E-state index in [-0.39, 0.29) is 14.7 Å². The molecule has 0 spiro atoms. The summed E-state index contributed by atoms with van der Waals surface area (Å²) in [6.45, 7) is 0.480. The van der Waals surface area contributed by atoms with Gasteiger partial charge in [-0.3, -0.25) is 0 Å². The summed E-state index contributed by atoms with van der Waals surface area (Å²) in [6, 6.07) is 7.11. The second-order valence-corrected chi connectivity index (χ2v) is 7.83. The molecule has 1 aliphatic rings. The van der Waals surface area contributed by atoms with Gasteiger partial charge in [-0.25, -0.2) is 18.1 Å². The van der Waals surface area contributed by atoms with Gasteiger partial charge in [-0.1, -0.05) is 41.1 Å². The molecule has 1 unspecified atom stereocenters. The Labute approximate surface area is 125 Å². The molecule has 3 rings (SSSR count). The third kappa shape index (κ3) is 2.67. The molecule has 1 N–H and O–H groups in total. The number of hydrogen-bond donors (Lipinski definition) is 1. The molecular formula is C12H11ClN2O3S2. The van der Waals surface area contributed by atoms with E-state index in [4.69, 9.17) is 16.3 Å². The number of thiazole rings is 1. The number of nitrogens with one attached hydrogen (secondary N) is 1. The topological polar surface area (TPSA) is 68.3 Å². The maximum Gasteiger partial charge on any atom is 0.252 e. The van der Waals surface area contributed by atoms with Gasteiger partial charge in [0.15, 0.2) is 8.68 Å². The molecule has 1 atom stereocenters. The number of nitrogens with zero attached hydrogens (tertiary/aromatic N) is 1. The highest BCUT2D eigenvalue weighted by atomic mass is 35.5. The first-order valence-electron chi connectivity index (χ1n) is 5.92. The predicted octanol–water partition coefficient (Wildman–Crippen LogP) is 2.60. The summed E-state index contributed by atoms with van der Waals surface area (Å²) in [5, 5.41) is 0. The highest BCUT2D eigenvalue weighted by Gasteiger charge is 2.27. The Morgan fingerprint density at radius 1 is 1.40 bits per heavy atom. The van der Waals surface area contributed by atoms with E-state index in [9.17, 15) is 8.42 Å². The van der Waals surface area contributed by atoms with Crippen molar-refractivity contribution in [3.8, 4) is 5.75 Å². The Balaban J connectivity index is 1.89. The van der Waals surface area contributed by atoms with E-state index in [1.165, 1.54) is 6.20 Å². The minimum Gasteiger partial charge on any atom is -0.493 e. The average Bonchev–Trinajstić information content (AvgIpc) is 2.86. The van der Waals surface area contributed by atoms with Crippen LogP contribution >= 0.6 is 22.9 Å². The van der Waals surface area contributed by atoms with Crippen molar-refractivity contribution in [1.29, 1.82) is 0 Å². The number of para-hydroxylation sites is 1. The van der Waals surface area contributed by atoms with E-state index in [1.807, 2.05) is 24.3 Å². The predicted molar refractivity (Wildman–Crippen MR) is 76.7 cm³/mol. The summed E-state index contributed by atoms with van der Waals surface area (Å²) in [6.07, 6.45) is 1.85. The van der Waals surface area contributed by atoms with Crippen LogP contribution in [0.25, 0.3) is 0 Å². The maximum absolute atomic E-state index is 12.3. The van der Waals surface area contributed by atoms with Gasteiger partial charge in [-0.05, 0) is 6.07 Å². The molecular weight excluding hydrogens is 320 g/mol. The van der Waals surface area contributed by atoms with E-state index >= 15 is 0 Å². The van der Waals surface area contributed by atoms with E-state index in [1.54, 1.807) is 0 Å². The van der Waals surface area contributed by atoms with Gasteiger partial charge in [0.1, 0.15) is 5.75 Å². The second-order valence-electron chi connectivity index (χ2n) is 4.28. The molecule has 1 aliphatic heterocycles. The molecule has 0 fully saturated rings. The van der Waals surface area contributed by atoms with Crippen LogP contribution in [0.1, 0.15) is 18.0 Å². The largest absolute Gasteiger partial charge is 0.493 e. The highest BCUT2D eigenvalue weighted by Crippen LogP contribution is 2.33. The fourth-order valence-corrected chi connectivity index (χ4v) is 4.63. The van der Waals surface area contributed by atoms with Crippen molar-refractivity contribution >= 4 is 33.0 Å². The summed E-state index contributed by atoms with van der Waals surface area (Å²) >= 11 is 6.62. The molecule has 0 radical (unpaired) electrons. The lowest BCUT2D eigenvalue weighted by molar-refractivity contribution is 0.263. The zero-order valence-corrected chi connectivity index (χ0v) is 12.6. The molecule has 5 nitrogen and oxygen atoms in total. The van der Waals surface area contributed by atoms with Crippen molar-refractivity contribution < 1.29 is 13.2 Å². The van der Waals surface area contributed by atoms with Crippen LogP contribution in [0.15, 0.2) is 34.7 Å². The number of fused-ring (bicyclic) bond motifs is 1. The summed E-state index contributed by atoms with van der Waals surface area (Å²) < 4.78 is 33.1. The quantitative estimate of drug-likeness (QED) is 0.939. The van der Waals surface area contributed by atoms with E-state index < -0.39 is 10.0 Å².